The van der Waals surface area contributed by atoms with Crippen LogP contribution in [0.2, 0.25) is 5.02 Å². The van der Waals surface area contributed by atoms with Crippen LogP contribution in [0.1, 0.15) is 33.1 Å². The number of hydrogen-bond donors (Lipinski definition) is 1. The molecule has 0 aliphatic carbocycles. The Hall–Kier alpha value is -1.29. The second-order valence-electron chi connectivity index (χ2n) is 4.27. The number of pyridine rings is 1. The van der Waals surface area contributed by atoms with Gasteiger partial charge in [0.2, 0.25) is 5.95 Å². The van der Waals surface area contributed by atoms with Crippen molar-refractivity contribution in [2.75, 3.05) is 5.32 Å². The van der Waals surface area contributed by atoms with Crippen molar-refractivity contribution in [1.29, 1.82) is 0 Å². The van der Waals surface area contributed by atoms with E-state index in [-0.39, 0.29) is 0 Å². The van der Waals surface area contributed by atoms with E-state index in [1.165, 1.54) is 12.8 Å². The molecule has 2 aromatic rings. The van der Waals surface area contributed by atoms with Crippen molar-refractivity contribution in [3.63, 3.8) is 0 Å². The number of nitrogens with one attached hydrogen (secondary N) is 1. The van der Waals surface area contributed by atoms with Gasteiger partial charge in [-0.15, -0.1) is 5.10 Å². The summed E-state index contributed by atoms with van der Waals surface area (Å²) in [5.41, 5.74) is 0.805. The van der Waals surface area contributed by atoms with Crippen LogP contribution >= 0.6 is 11.6 Å². The van der Waals surface area contributed by atoms with Gasteiger partial charge in [0.15, 0.2) is 5.65 Å². The third kappa shape index (κ3) is 3.09. The van der Waals surface area contributed by atoms with Gasteiger partial charge in [-0.1, -0.05) is 31.4 Å². The maximum Gasteiger partial charge on any atom is 0.243 e. The number of halogens is 1. The molecule has 0 bridgehead atoms. The van der Waals surface area contributed by atoms with Crippen LogP contribution < -0.4 is 5.32 Å². The highest BCUT2D eigenvalue weighted by Crippen LogP contribution is 2.12. The van der Waals surface area contributed by atoms with Crippen molar-refractivity contribution in [3.8, 4) is 0 Å². The molecule has 1 unspecified atom stereocenters. The fourth-order valence-electron chi connectivity index (χ4n) is 1.72. The standard InChI is InChI=1S/C12H17ClN4/c1-3-4-5-9(2)14-12-15-11-7-6-10(13)8-17(11)16-12/h6-9H,3-5H2,1-2H3,(H,14,16). The zero-order valence-corrected chi connectivity index (χ0v) is 10.9. The Balaban J connectivity index is 2.08. The minimum atomic E-state index is 0.392. The maximum atomic E-state index is 5.89. The Morgan fingerprint density at radius 3 is 3.06 bits per heavy atom. The fraction of sp³-hybridized carbons (Fsp3) is 0.500. The Morgan fingerprint density at radius 2 is 2.29 bits per heavy atom. The first-order valence-electron chi connectivity index (χ1n) is 5.97. The zero-order valence-electron chi connectivity index (χ0n) is 10.2. The fourth-order valence-corrected chi connectivity index (χ4v) is 1.88. The average Bonchev–Trinajstić information content (AvgIpc) is 2.67. The van der Waals surface area contributed by atoms with Crippen LogP contribution in [-0.2, 0) is 0 Å². The lowest BCUT2D eigenvalue weighted by molar-refractivity contribution is 0.640. The molecule has 0 saturated carbocycles. The second kappa shape index (κ2) is 5.36. The van der Waals surface area contributed by atoms with Crippen LogP contribution in [0, 0.1) is 0 Å². The van der Waals surface area contributed by atoms with Gasteiger partial charge in [-0.3, -0.25) is 0 Å². The summed E-state index contributed by atoms with van der Waals surface area (Å²) in [7, 11) is 0. The lowest BCUT2D eigenvalue weighted by atomic mass is 10.1. The van der Waals surface area contributed by atoms with Crippen LogP contribution in [-0.4, -0.2) is 20.6 Å². The van der Waals surface area contributed by atoms with Crippen LogP contribution in [0.3, 0.4) is 0 Å². The van der Waals surface area contributed by atoms with E-state index in [0.29, 0.717) is 17.0 Å². The number of hydrogen-bond acceptors (Lipinski definition) is 3. The molecule has 2 rings (SSSR count). The summed E-state index contributed by atoms with van der Waals surface area (Å²) < 4.78 is 1.69. The zero-order chi connectivity index (χ0) is 12.3. The van der Waals surface area contributed by atoms with Gasteiger partial charge in [0.1, 0.15) is 0 Å². The Bertz CT molecular complexity index is 494. The number of rotatable bonds is 5. The van der Waals surface area contributed by atoms with Gasteiger partial charge in [-0.05, 0) is 25.5 Å². The first kappa shape index (κ1) is 12.2. The molecule has 0 amide bonds. The van der Waals surface area contributed by atoms with E-state index in [1.807, 2.05) is 12.1 Å². The molecule has 0 saturated heterocycles. The number of fused-ring (bicyclic) bond motifs is 1. The van der Waals surface area contributed by atoms with E-state index in [0.717, 1.165) is 12.1 Å². The van der Waals surface area contributed by atoms with Gasteiger partial charge < -0.3 is 5.32 Å². The minimum absolute atomic E-state index is 0.392. The monoisotopic (exact) mass is 252 g/mol. The predicted molar refractivity (Wildman–Crippen MR) is 70.6 cm³/mol. The molecule has 0 aliphatic heterocycles. The number of anilines is 1. The molecular weight excluding hydrogens is 236 g/mol. The van der Waals surface area contributed by atoms with Gasteiger partial charge in [0.25, 0.3) is 0 Å². The van der Waals surface area contributed by atoms with Gasteiger partial charge in [0.05, 0.1) is 5.02 Å². The molecule has 5 heteroatoms. The van der Waals surface area contributed by atoms with E-state index in [1.54, 1.807) is 10.7 Å². The minimum Gasteiger partial charge on any atom is -0.350 e. The lowest BCUT2D eigenvalue weighted by Gasteiger charge is -2.10. The van der Waals surface area contributed by atoms with Crippen molar-refractivity contribution in [2.45, 2.75) is 39.2 Å². The smallest absolute Gasteiger partial charge is 0.243 e. The third-order valence-electron chi connectivity index (χ3n) is 2.66. The molecular formula is C12H17ClN4. The van der Waals surface area contributed by atoms with E-state index in [2.05, 4.69) is 29.2 Å². The maximum absolute atomic E-state index is 5.89. The van der Waals surface area contributed by atoms with Gasteiger partial charge in [-0.25, -0.2) is 4.52 Å². The molecule has 0 aliphatic rings. The summed E-state index contributed by atoms with van der Waals surface area (Å²) in [6.07, 6.45) is 5.31. The van der Waals surface area contributed by atoms with Gasteiger partial charge >= 0.3 is 0 Å². The van der Waals surface area contributed by atoms with Crippen molar-refractivity contribution in [2.24, 2.45) is 0 Å². The van der Waals surface area contributed by atoms with Crippen LogP contribution in [0.15, 0.2) is 18.3 Å². The normalized spacial score (nSPS) is 12.9. The van der Waals surface area contributed by atoms with E-state index < -0.39 is 0 Å². The summed E-state index contributed by atoms with van der Waals surface area (Å²) >= 11 is 5.89. The highest BCUT2D eigenvalue weighted by molar-refractivity contribution is 6.30. The first-order valence-corrected chi connectivity index (χ1v) is 6.35. The van der Waals surface area contributed by atoms with Crippen molar-refractivity contribution >= 4 is 23.2 Å². The van der Waals surface area contributed by atoms with Crippen molar-refractivity contribution in [3.05, 3.63) is 23.4 Å². The van der Waals surface area contributed by atoms with E-state index in [9.17, 15) is 0 Å². The Labute approximate surface area is 106 Å². The van der Waals surface area contributed by atoms with Crippen LogP contribution in [0.5, 0.6) is 0 Å². The quantitative estimate of drug-likeness (QED) is 0.887. The predicted octanol–water partition coefficient (Wildman–Crippen LogP) is 3.37. The van der Waals surface area contributed by atoms with E-state index >= 15 is 0 Å². The molecule has 2 heterocycles. The van der Waals surface area contributed by atoms with Gasteiger partial charge in [-0.2, -0.15) is 4.98 Å². The largest absolute Gasteiger partial charge is 0.350 e. The number of aromatic nitrogens is 3. The average molecular weight is 253 g/mol. The van der Waals surface area contributed by atoms with Crippen LogP contribution in [0.25, 0.3) is 5.65 Å². The Morgan fingerprint density at radius 1 is 1.47 bits per heavy atom. The summed E-state index contributed by atoms with van der Waals surface area (Å²) in [6.45, 7) is 4.34. The topological polar surface area (TPSA) is 42.2 Å². The number of nitrogens with zero attached hydrogens (tertiary/aromatic N) is 3. The molecule has 0 aromatic carbocycles. The lowest BCUT2D eigenvalue weighted by Crippen LogP contribution is -2.15. The second-order valence-corrected chi connectivity index (χ2v) is 4.71. The number of unbranched alkanes of at least 4 members (excludes halogenated alkanes) is 1. The molecule has 1 N–H and O–H groups in total. The molecule has 2 aromatic heterocycles. The molecule has 1 atom stereocenters. The van der Waals surface area contributed by atoms with Crippen molar-refractivity contribution in [1.82, 2.24) is 14.6 Å². The summed E-state index contributed by atoms with van der Waals surface area (Å²) in [6, 6.07) is 4.07. The molecule has 0 spiro atoms. The molecule has 0 radical (unpaired) electrons. The molecule has 17 heavy (non-hydrogen) atoms. The molecule has 0 fully saturated rings. The van der Waals surface area contributed by atoms with Crippen LogP contribution in [0.4, 0.5) is 5.95 Å². The Kier molecular flexibility index (Phi) is 3.84. The summed E-state index contributed by atoms with van der Waals surface area (Å²) in [5, 5.41) is 8.29. The summed E-state index contributed by atoms with van der Waals surface area (Å²) in [5.74, 6) is 0.663. The highest BCUT2D eigenvalue weighted by atomic mass is 35.5. The highest BCUT2D eigenvalue weighted by Gasteiger charge is 2.07. The summed E-state index contributed by atoms with van der Waals surface area (Å²) in [4.78, 5) is 4.38. The molecule has 92 valence electrons. The SMILES string of the molecule is CCCCC(C)Nc1nc2ccc(Cl)cn2n1. The molecule has 4 nitrogen and oxygen atoms in total. The van der Waals surface area contributed by atoms with Crippen molar-refractivity contribution < 1.29 is 0 Å². The van der Waals surface area contributed by atoms with E-state index in [4.69, 9.17) is 11.6 Å². The third-order valence-corrected chi connectivity index (χ3v) is 2.88. The van der Waals surface area contributed by atoms with Gasteiger partial charge in [0, 0.05) is 12.2 Å². The first-order chi connectivity index (χ1) is 8.19.